The Labute approximate surface area is 73.6 Å². The van der Waals surface area contributed by atoms with Gasteiger partial charge in [0.2, 0.25) is 0 Å². The van der Waals surface area contributed by atoms with Crippen LogP contribution in [0.15, 0.2) is 18.5 Å². The van der Waals surface area contributed by atoms with Crippen LogP contribution in [0, 0.1) is 5.92 Å². The van der Waals surface area contributed by atoms with Crippen molar-refractivity contribution in [2.75, 3.05) is 0 Å². The van der Waals surface area contributed by atoms with Gasteiger partial charge in [-0.05, 0) is 12.0 Å². The van der Waals surface area contributed by atoms with Crippen molar-refractivity contribution in [2.45, 2.75) is 32.9 Å². The normalized spacial score (nSPS) is 15.9. The fraction of sp³-hybridized carbons (Fsp3) is 0.667. The molecule has 2 unspecified atom stereocenters. The van der Waals surface area contributed by atoms with Crippen molar-refractivity contribution in [1.29, 1.82) is 0 Å². The van der Waals surface area contributed by atoms with Crippen molar-refractivity contribution in [3.05, 3.63) is 18.5 Å². The minimum atomic E-state index is 0.217. The zero-order valence-corrected chi connectivity index (χ0v) is 7.77. The highest BCUT2D eigenvalue weighted by Gasteiger charge is 2.10. The van der Waals surface area contributed by atoms with E-state index < -0.39 is 0 Å². The smallest absolute Gasteiger partial charge is 0.0563 e. The molecule has 12 heavy (non-hydrogen) atoms. The van der Waals surface area contributed by atoms with Crippen molar-refractivity contribution in [2.24, 2.45) is 11.7 Å². The van der Waals surface area contributed by atoms with Crippen LogP contribution in [0.25, 0.3) is 0 Å². The molecule has 0 fully saturated rings. The van der Waals surface area contributed by atoms with Crippen molar-refractivity contribution >= 4 is 0 Å². The lowest BCUT2D eigenvalue weighted by Gasteiger charge is -2.17. The molecule has 0 spiro atoms. The second-order valence-electron chi connectivity index (χ2n) is 3.28. The summed E-state index contributed by atoms with van der Waals surface area (Å²) in [6.07, 6.45) is 4.86. The molecule has 0 amide bonds. The minimum absolute atomic E-state index is 0.217. The zero-order valence-electron chi connectivity index (χ0n) is 7.77. The van der Waals surface area contributed by atoms with Gasteiger partial charge in [-0.2, -0.15) is 5.10 Å². The Morgan fingerprint density at radius 2 is 2.33 bits per heavy atom. The Bertz CT molecular complexity index is 206. The lowest BCUT2D eigenvalue weighted by Crippen LogP contribution is -2.32. The second kappa shape index (κ2) is 4.26. The van der Waals surface area contributed by atoms with Gasteiger partial charge in [-0.15, -0.1) is 0 Å². The number of hydrogen-bond donors (Lipinski definition) is 1. The molecule has 68 valence electrons. The molecule has 0 aliphatic rings. The van der Waals surface area contributed by atoms with Gasteiger partial charge in [-0.1, -0.05) is 20.3 Å². The second-order valence-corrected chi connectivity index (χ2v) is 3.28. The van der Waals surface area contributed by atoms with E-state index in [1.165, 1.54) is 0 Å². The number of hydrogen-bond acceptors (Lipinski definition) is 2. The van der Waals surface area contributed by atoms with E-state index in [2.05, 4.69) is 18.9 Å². The molecule has 2 N–H and O–H groups in total. The molecule has 0 aliphatic heterocycles. The molecule has 1 heterocycles. The Kier molecular flexibility index (Phi) is 3.29. The fourth-order valence-electron chi connectivity index (χ4n) is 1.11. The van der Waals surface area contributed by atoms with Crippen LogP contribution in [0.5, 0.6) is 0 Å². The van der Waals surface area contributed by atoms with Gasteiger partial charge in [0, 0.05) is 18.4 Å². The maximum absolute atomic E-state index is 5.96. The molecule has 3 nitrogen and oxygen atoms in total. The van der Waals surface area contributed by atoms with Crippen molar-refractivity contribution in [3.8, 4) is 0 Å². The van der Waals surface area contributed by atoms with Crippen molar-refractivity contribution in [3.63, 3.8) is 0 Å². The summed E-state index contributed by atoms with van der Waals surface area (Å²) < 4.78 is 1.89. The van der Waals surface area contributed by atoms with E-state index in [-0.39, 0.29) is 6.04 Å². The molecular formula is C9H17N3. The molecule has 1 aromatic heterocycles. The first-order valence-corrected chi connectivity index (χ1v) is 4.47. The highest BCUT2D eigenvalue weighted by atomic mass is 15.3. The summed E-state index contributed by atoms with van der Waals surface area (Å²) in [4.78, 5) is 0. The minimum Gasteiger partial charge on any atom is -0.326 e. The van der Waals surface area contributed by atoms with Gasteiger partial charge in [0.1, 0.15) is 0 Å². The molecule has 0 saturated carbocycles. The van der Waals surface area contributed by atoms with Gasteiger partial charge in [-0.3, -0.25) is 4.68 Å². The van der Waals surface area contributed by atoms with Crippen molar-refractivity contribution < 1.29 is 0 Å². The van der Waals surface area contributed by atoms with E-state index in [4.69, 9.17) is 5.73 Å². The van der Waals surface area contributed by atoms with Gasteiger partial charge in [0.05, 0.1) is 6.54 Å². The zero-order chi connectivity index (χ0) is 8.97. The van der Waals surface area contributed by atoms with Gasteiger partial charge < -0.3 is 5.73 Å². The molecule has 0 bridgehead atoms. The summed E-state index contributed by atoms with van der Waals surface area (Å²) in [5, 5.41) is 4.11. The number of nitrogens with zero attached hydrogens (tertiary/aromatic N) is 2. The quantitative estimate of drug-likeness (QED) is 0.733. The molecule has 0 aromatic carbocycles. The highest BCUT2D eigenvalue weighted by Crippen LogP contribution is 2.06. The summed E-state index contributed by atoms with van der Waals surface area (Å²) in [5.74, 6) is 0.564. The Morgan fingerprint density at radius 3 is 2.83 bits per heavy atom. The molecular weight excluding hydrogens is 150 g/mol. The topological polar surface area (TPSA) is 43.8 Å². The SMILES string of the molecule is CCC(C)C(N)Cn1cccn1. The summed E-state index contributed by atoms with van der Waals surface area (Å²) >= 11 is 0. The Morgan fingerprint density at radius 1 is 1.58 bits per heavy atom. The molecule has 0 radical (unpaired) electrons. The first-order chi connectivity index (χ1) is 5.74. The van der Waals surface area contributed by atoms with Gasteiger partial charge in [0.15, 0.2) is 0 Å². The lowest BCUT2D eigenvalue weighted by atomic mass is 10.0. The molecule has 0 saturated heterocycles. The van der Waals surface area contributed by atoms with E-state index >= 15 is 0 Å². The Balaban J connectivity index is 2.41. The lowest BCUT2D eigenvalue weighted by molar-refractivity contribution is 0.381. The third-order valence-corrected chi connectivity index (χ3v) is 2.33. The van der Waals surface area contributed by atoms with Gasteiger partial charge >= 0.3 is 0 Å². The highest BCUT2D eigenvalue weighted by molar-refractivity contribution is 4.80. The summed E-state index contributed by atoms with van der Waals surface area (Å²) in [5.41, 5.74) is 5.96. The van der Waals surface area contributed by atoms with E-state index in [1.807, 2.05) is 16.9 Å². The first-order valence-electron chi connectivity index (χ1n) is 4.47. The standard InChI is InChI=1S/C9H17N3/c1-3-8(2)9(10)7-12-6-4-5-11-12/h4-6,8-9H,3,7,10H2,1-2H3. The summed E-state index contributed by atoms with van der Waals surface area (Å²) in [6.45, 7) is 5.16. The molecule has 3 heteroatoms. The third-order valence-electron chi connectivity index (χ3n) is 2.33. The van der Waals surface area contributed by atoms with Crippen LogP contribution in [-0.2, 0) is 6.54 Å². The van der Waals surface area contributed by atoms with Crippen LogP contribution in [0.4, 0.5) is 0 Å². The monoisotopic (exact) mass is 167 g/mol. The van der Waals surface area contributed by atoms with E-state index in [1.54, 1.807) is 6.20 Å². The molecule has 1 rings (SSSR count). The number of nitrogens with two attached hydrogens (primary N) is 1. The number of aromatic nitrogens is 2. The van der Waals surface area contributed by atoms with Crippen LogP contribution in [0.3, 0.4) is 0 Å². The average molecular weight is 167 g/mol. The predicted molar refractivity (Wildman–Crippen MR) is 49.7 cm³/mol. The Hall–Kier alpha value is -0.830. The maximum atomic E-state index is 5.96. The van der Waals surface area contributed by atoms with Crippen LogP contribution >= 0.6 is 0 Å². The summed E-state index contributed by atoms with van der Waals surface area (Å²) in [6, 6.07) is 2.14. The van der Waals surface area contributed by atoms with Crippen LogP contribution in [0.2, 0.25) is 0 Å². The maximum Gasteiger partial charge on any atom is 0.0563 e. The summed E-state index contributed by atoms with van der Waals surface area (Å²) in [7, 11) is 0. The van der Waals surface area contributed by atoms with Crippen LogP contribution < -0.4 is 5.73 Å². The third kappa shape index (κ3) is 2.34. The average Bonchev–Trinajstić information content (AvgIpc) is 2.55. The van der Waals surface area contributed by atoms with Gasteiger partial charge in [0.25, 0.3) is 0 Å². The van der Waals surface area contributed by atoms with Crippen LogP contribution in [0.1, 0.15) is 20.3 Å². The van der Waals surface area contributed by atoms with Crippen molar-refractivity contribution in [1.82, 2.24) is 9.78 Å². The molecule has 1 aromatic rings. The number of rotatable bonds is 4. The molecule has 0 aliphatic carbocycles. The molecule has 2 atom stereocenters. The first kappa shape index (κ1) is 9.26. The largest absolute Gasteiger partial charge is 0.326 e. The van der Waals surface area contributed by atoms with Gasteiger partial charge in [-0.25, -0.2) is 0 Å². The fourth-order valence-corrected chi connectivity index (χ4v) is 1.11. The van der Waals surface area contributed by atoms with E-state index in [0.717, 1.165) is 13.0 Å². The predicted octanol–water partition coefficient (Wildman–Crippen LogP) is 1.26. The van der Waals surface area contributed by atoms with Crippen LogP contribution in [-0.4, -0.2) is 15.8 Å². The van der Waals surface area contributed by atoms with E-state index in [9.17, 15) is 0 Å². The van der Waals surface area contributed by atoms with E-state index in [0.29, 0.717) is 5.92 Å².